The fourth-order valence-corrected chi connectivity index (χ4v) is 2.43. The van der Waals surface area contributed by atoms with Crippen molar-refractivity contribution in [3.8, 4) is 0 Å². The summed E-state index contributed by atoms with van der Waals surface area (Å²) < 4.78 is 38.7. The van der Waals surface area contributed by atoms with Gasteiger partial charge in [0.15, 0.2) is 0 Å². The zero-order valence-electron chi connectivity index (χ0n) is 14.5. The van der Waals surface area contributed by atoms with Crippen LogP contribution in [0.1, 0.15) is 23.1 Å². The number of alkyl halides is 3. The highest BCUT2D eigenvalue weighted by Crippen LogP contribution is 2.32. The van der Waals surface area contributed by atoms with Crippen LogP contribution in [0.5, 0.6) is 0 Å². The van der Waals surface area contributed by atoms with Crippen molar-refractivity contribution < 1.29 is 22.8 Å². The van der Waals surface area contributed by atoms with Crippen molar-refractivity contribution in [3.05, 3.63) is 65.2 Å². The topological polar surface area (TPSA) is 84.2 Å². The summed E-state index contributed by atoms with van der Waals surface area (Å²) in [5, 5.41) is 5.01. The summed E-state index contributed by atoms with van der Waals surface area (Å²) in [7, 11) is 0. The van der Waals surface area contributed by atoms with Gasteiger partial charge in [0.05, 0.1) is 12.0 Å². The number of hydrogen-bond donors (Lipinski definition) is 3. The summed E-state index contributed by atoms with van der Waals surface area (Å²) in [5.74, 6) is -0.740. The van der Waals surface area contributed by atoms with Crippen molar-refractivity contribution in [3.63, 3.8) is 0 Å². The van der Waals surface area contributed by atoms with Crippen LogP contribution in [0.4, 0.5) is 18.9 Å². The summed E-state index contributed by atoms with van der Waals surface area (Å²) in [4.78, 5) is 23.7. The van der Waals surface area contributed by atoms with Crippen LogP contribution in [0.15, 0.2) is 48.5 Å². The second-order valence-electron chi connectivity index (χ2n) is 5.93. The highest BCUT2D eigenvalue weighted by Gasteiger charge is 2.31. The van der Waals surface area contributed by atoms with Crippen LogP contribution in [0, 0.1) is 0 Å². The van der Waals surface area contributed by atoms with Crippen LogP contribution in [0.3, 0.4) is 0 Å². The van der Waals surface area contributed by atoms with Gasteiger partial charge in [-0.15, -0.1) is 0 Å². The summed E-state index contributed by atoms with van der Waals surface area (Å²) in [6.07, 6.45) is -4.40. The average molecular weight is 379 g/mol. The normalized spacial score (nSPS) is 11.1. The molecule has 0 aliphatic heterocycles. The van der Waals surface area contributed by atoms with E-state index in [2.05, 4.69) is 10.6 Å². The van der Waals surface area contributed by atoms with Crippen molar-refractivity contribution in [1.29, 1.82) is 0 Å². The Morgan fingerprint density at radius 3 is 2.30 bits per heavy atom. The molecule has 0 saturated carbocycles. The van der Waals surface area contributed by atoms with E-state index in [1.807, 2.05) is 30.3 Å². The van der Waals surface area contributed by atoms with Crippen molar-refractivity contribution >= 4 is 17.5 Å². The van der Waals surface area contributed by atoms with Gasteiger partial charge in [0.25, 0.3) is 0 Å². The average Bonchev–Trinajstić information content (AvgIpc) is 2.61. The molecule has 144 valence electrons. The van der Waals surface area contributed by atoms with Crippen LogP contribution < -0.4 is 16.4 Å². The smallest absolute Gasteiger partial charge is 0.355 e. The molecule has 8 heteroatoms. The quantitative estimate of drug-likeness (QED) is 0.692. The van der Waals surface area contributed by atoms with Crippen LogP contribution >= 0.6 is 0 Å². The standard InChI is InChI=1S/C19H20F3N3O2/c20-19(21,22)15-8-14(12-23)9-16(11-15)25-17(26)6-7-24-18(27)10-13-4-2-1-3-5-13/h1-5,8-9,11H,6-7,10,12,23H2,(H,24,27)(H,25,26). The fourth-order valence-electron chi connectivity index (χ4n) is 2.43. The number of hydrogen-bond acceptors (Lipinski definition) is 3. The molecule has 0 bridgehead atoms. The molecule has 0 radical (unpaired) electrons. The third-order valence-electron chi connectivity index (χ3n) is 3.72. The van der Waals surface area contributed by atoms with Gasteiger partial charge in [-0.05, 0) is 29.3 Å². The number of halogens is 3. The molecule has 4 N–H and O–H groups in total. The molecule has 0 unspecified atom stereocenters. The van der Waals surface area contributed by atoms with Gasteiger partial charge < -0.3 is 16.4 Å². The summed E-state index contributed by atoms with van der Waals surface area (Å²) in [6, 6.07) is 12.3. The van der Waals surface area contributed by atoms with Gasteiger partial charge in [-0.3, -0.25) is 9.59 Å². The molecule has 27 heavy (non-hydrogen) atoms. The largest absolute Gasteiger partial charge is 0.416 e. The highest BCUT2D eigenvalue weighted by atomic mass is 19.4. The molecule has 0 fully saturated rings. The maximum absolute atomic E-state index is 12.9. The first-order valence-corrected chi connectivity index (χ1v) is 8.29. The first-order valence-electron chi connectivity index (χ1n) is 8.29. The lowest BCUT2D eigenvalue weighted by molar-refractivity contribution is -0.137. The molecule has 0 heterocycles. The number of nitrogens with two attached hydrogens (primary N) is 1. The number of carbonyl (C=O) groups excluding carboxylic acids is 2. The highest BCUT2D eigenvalue weighted by molar-refractivity contribution is 5.91. The monoisotopic (exact) mass is 379 g/mol. The number of amides is 2. The Hall–Kier alpha value is -2.87. The zero-order chi connectivity index (χ0) is 19.9. The third kappa shape index (κ3) is 6.74. The van der Waals surface area contributed by atoms with Crippen molar-refractivity contribution in [2.45, 2.75) is 25.6 Å². The Kier molecular flexibility index (Phi) is 6.95. The number of anilines is 1. The second-order valence-corrected chi connectivity index (χ2v) is 5.93. The van der Waals surface area contributed by atoms with E-state index < -0.39 is 17.6 Å². The molecule has 2 amide bonds. The van der Waals surface area contributed by atoms with Crippen molar-refractivity contribution in [2.75, 3.05) is 11.9 Å². The minimum absolute atomic E-state index is 0.0193. The maximum Gasteiger partial charge on any atom is 0.416 e. The first kappa shape index (κ1) is 20.4. The predicted molar refractivity (Wildman–Crippen MR) is 95.7 cm³/mol. The van der Waals surface area contributed by atoms with E-state index in [1.165, 1.54) is 6.07 Å². The third-order valence-corrected chi connectivity index (χ3v) is 3.72. The number of nitrogens with one attached hydrogen (secondary N) is 2. The Bertz CT molecular complexity index is 793. The van der Waals surface area contributed by atoms with Gasteiger partial charge in [0.1, 0.15) is 0 Å². The predicted octanol–water partition coefficient (Wildman–Crippen LogP) is 2.85. The number of carbonyl (C=O) groups is 2. The van der Waals surface area contributed by atoms with Gasteiger partial charge in [-0.1, -0.05) is 30.3 Å². The Labute approximate surface area is 154 Å². The van der Waals surface area contributed by atoms with E-state index in [9.17, 15) is 22.8 Å². The van der Waals surface area contributed by atoms with E-state index in [4.69, 9.17) is 5.73 Å². The van der Waals surface area contributed by atoms with Gasteiger partial charge in [0.2, 0.25) is 11.8 Å². The lowest BCUT2D eigenvalue weighted by atomic mass is 10.1. The van der Waals surface area contributed by atoms with E-state index in [1.54, 1.807) is 0 Å². The van der Waals surface area contributed by atoms with E-state index in [-0.39, 0.29) is 43.1 Å². The van der Waals surface area contributed by atoms with Crippen molar-refractivity contribution in [2.24, 2.45) is 5.73 Å². The summed E-state index contributed by atoms with van der Waals surface area (Å²) >= 11 is 0. The lowest BCUT2D eigenvalue weighted by Crippen LogP contribution is -2.29. The van der Waals surface area contributed by atoms with E-state index >= 15 is 0 Å². The SMILES string of the molecule is NCc1cc(NC(=O)CCNC(=O)Cc2ccccc2)cc(C(F)(F)F)c1. The fraction of sp³-hybridized carbons (Fsp3) is 0.263. The van der Waals surface area contributed by atoms with E-state index in [0.717, 1.165) is 17.7 Å². The van der Waals surface area contributed by atoms with Crippen LogP contribution in [-0.4, -0.2) is 18.4 Å². The molecule has 0 saturated heterocycles. The summed E-state index contributed by atoms with van der Waals surface area (Å²) in [5.41, 5.74) is 5.66. The van der Waals surface area contributed by atoms with Crippen LogP contribution in [-0.2, 0) is 28.7 Å². The maximum atomic E-state index is 12.9. The Morgan fingerprint density at radius 2 is 1.67 bits per heavy atom. The van der Waals surface area contributed by atoms with Gasteiger partial charge in [0, 0.05) is 25.2 Å². The molecular weight excluding hydrogens is 359 g/mol. The number of benzene rings is 2. The van der Waals surface area contributed by atoms with Crippen molar-refractivity contribution in [1.82, 2.24) is 5.32 Å². The molecule has 5 nitrogen and oxygen atoms in total. The molecular formula is C19H20F3N3O2. The zero-order valence-corrected chi connectivity index (χ0v) is 14.5. The molecule has 2 rings (SSSR count). The molecule has 0 spiro atoms. The second kappa shape index (κ2) is 9.18. The molecule has 2 aromatic carbocycles. The molecule has 0 aliphatic carbocycles. The lowest BCUT2D eigenvalue weighted by Gasteiger charge is -2.12. The number of rotatable bonds is 7. The first-order chi connectivity index (χ1) is 12.8. The molecule has 2 aromatic rings. The summed E-state index contributed by atoms with van der Waals surface area (Å²) in [6.45, 7) is 0.00252. The molecule has 0 aliphatic rings. The van der Waals surface area contributed by atoms with Gasteiger partial charge in [-0.2, -0.15) is 13.2 Å². The molecule has 0 atom stereocenters. The van der Waals surface area contributed by atoms with Gasteiger partial charge >= 0.3 is 6.18 Å². The van der Waals surface area contributed by atoms with Crippen LogP contribution in [0.25, 0.3) is 0 Å². The Morgan fingerprint density at radius 1 is 0.963 bits per heavy atom. The molecule has 0 aromatic heterocycles. The Balaban J connectivity index is 1.86. The minimum atomic E-state index is -4.53. The van der Waals surface area contributed by atoms with Gasteiger partial charge in [-0.25, -0.2) is 0 Å². The van der Waals surface area contributed by atoms with Crippen LogP contribution in [0.2, 0.25) is 0 Å². The van der Waals surface area contributed by atoms with E-state index in [0.29, 0.717) is 0 Å². The minimum Gasteiger partial charge on any atom is -0.355 e.